The van der Waals surface area contributed by atoms with Gasteiger partial charge in [-0.1, -0.05) is 11.6 Å². The van der Waals surface area contributed by atoms with Crippen molar-refractivity contribution in [2.24, 2.45) is 0 Å². The van der Waals surface area contributed by atoms with E-state index in [1.165, 1.54) is 54.5 Å². The van der Waals surface area contributed by atoms with E-state index in [2.05, 4.69) is 10.3 Å². The van der Waals surface area contributed by atoms with Gasteiger partial charge in [0, 0.05) is 11.4 Å². The van der Waals surface area contributed by atoms with Crippen molar-refractivity contribution < 1.29 is 23.5 Å². The Morgan fingerprint density at radius 3 is 2.64 bits per heavy atom. The summed E-state index contributed by atoms with van der Waals surface area (Å²) in [6.45, 7) is -0.503. The Kier molecular flexibility index (Phi) is 5.90. The summed E-state index contributed by atoms with van der Waals surface area (Å²) in [6, 6.07) is 10.2. The number of esters is 1. The number of imidazole rings is 1. The predicted octanol–water partition coefficient (Wildman–Crippen LogP) is 3.47. The predicted molar refractivity (Wildman–Crippen MR) is 100 cm³/mol. The zero-order valence-electron chi connectivity index (χ0n) is 14.7. The number of aromatic nitrogens is 2. The van der Waals surface area contributed by atoms with Crippen LogP contribution in [0.2, 0.25) is 5.02 Å². The van der Waals surface area contributed by atoms with Crippen molar-refractivity contribution in [1.29, 1.82) is 0 Å². The molecule has 0 saturated heterocycles. The number of carbonyl (C=O) groups excluding carboxylic acids is 2. The van der Waals surface area contributed by atoms with Gasteiger partial charge >= 0.3 is 5.97 Å². The lowest BCUT2D eigenvalue weighted by Crippen LogP contribution is -2.22. The van der Waals surface area contributed by atoms with E-state index in [-0.39, 0.29) is 5.69 Å². The average Bonchev–Trinajstić information content (AvgIpc) is 3.17. The first kappa shape index (κ1) is 19.4. The molecule has 0 fully saturated rings. The number of benzene rings is 2. The Morgan fingerprint density at radius 1 is 1.21 bits per heavy atom. The number of methoxy groups -OCH3 is 1. The number of nitrogens with one attached hydrogen (secondary N) is 1. The standard InChI is InChI=1S/C19H15ClFN3O4/c1-27-17-7-4-13(8-15(17)20)23-18(25)10-28-19(26)16-9-22-11-24(16)14-5-2-12(21)3-6-14/h2-9,11H,10H2,1H3,(H,23,25). The van der Waals surface area contributed by atoms with E-state index in [4.69, 9.17) is 21.1 Å². The summed E-state index contributed by atoms with van der Waals surface area (Å²) in [5.41, 5.74) is 1.07. The number of nitrogens with zero attached hydrogens (tertiary/aromatic N) is 2. The highest BCUT2D eigenvalue weighted by Gasteiger charge is 2.16. The van der Waals surface area contributed by atoms with Gasteiger partial charge in [0.2, 0.25) is 0 Å². The first-order chi connectivity index (χ1) is 13.5. The highest BCUT2D eigenvalue weighted by molar-refractivity contribution is 6.32. The van der Waals surface area contributed by atoms with Crippen LogP contribution in [0.15, 0.2) is 55.0 Å². The lowest BCUT2D eigenvalue weighted by Gasteiger charge is -2.10. The number of ether oxygens (including phenoxy) is 2. The largest absolute Gasteiger partial charge is 0.495 e. The van der Waals surface area contributed by atoms with E-state index in [1.54, 1.807) is 12.1 Å². The summed E-state index contributed by atoms with van der Waals surface area (Å²) in [5.74, 6) is -1.21. The molecule has 0 aliphatic carbocycles. The topological polar surface area (TPSA) is 82.4 Å². The molecule has 9 heteroatoms. The molecule has 1 heterocycles. The van der Waals surface area contributed by atoms with Crippen LogP contribution in [0.3, 0.4) is 0 Å². The molecule has 1 amide bonds. The normalized spacial score (nSPS) is 10.4. The SMILES string of the molecule is COc1ccc(NC(=O)COC(=O)c2cncn2-c2ccc(F)cc2)cc1Cl. The number of carbonyl (C=O) groups is 2. The molecule has 1 aromatic heterocycles. The Bertz CT molecular complexity index is 1000. The lowest BCUT2D eigenvalue weighted by atomic mass is 10.3. The van der Waals surface area contributed by atoms with Crippen LogP contribution in [-0.4, -0.2) is 35.1 Å². The van der Waals surface area contributed by atoms with E-state index in [0.717, 1.165) is 0 Å². The molecular formula is C19H15ClFN3O4. The van der Waals surface area contributed by atoms with Crippen molar-refractivity contribution in [2.75, 3.05) is 19.0 Å². The molecule has 144 valence electrons. The summed E-state index contributed by atoms with van der Waals surface area (Å²) >= 11 is 6.00. The second kappa shape index (κ2) is 8.53. The fraction of sp³-hybridized carbons (Fsp3) is 0.105. The van der Waals surface area contributed by atoms with Crippen molar-refractivity contribution in [3.63, 3.8) is 0 Å². The Hall–Kier alpha value is -3.39. The van der Waals surface area contributed by atoms with Gasteiger partial charge in [0.25, 0.3) is 5.91 Å². The maximum atomic E-state index is 13.1. The summed E-state index contributed by atoms with van der Waals surface area (Å²) in [4.78, 5) is 28.2. The maximum absolute atomic E-state index is 13.1. The zero-order valence-corrected chi connectivity index (χ0v) is 15.4. The van der Waals surface area contributed by atoms with Crippen molar-refractivity contribution in [1.82, 2.24) is 9.55 Å². The van der Waals surface area contributed by atoms with Gasteiger partial charge < -0.3 is 14.8 Å². The molecule has 0 aliphatic heterocycles. The number of anilines is 1. The molecule has 3 aromatic rings. The smallest absolute Gasteiger partial charge is 0.357 e. The van der Waals surface area contributed by atoms with Gasteiger partial charge in [-0.15, -0.1) is 0 Å². The van der Waals surface area contributed by atoms with E-state index in [0.29, 0.717) is 22.1 Å². The van der Waals surface area contributed by atoms with Gasteiger partial charge in [-0.3, -0.25) is 9.36 Å². The number of halogens is 2. The number of hydrogen-bond acceptors (Lipinski definition) is 5. The van der Waals surface area contributed by atoms with Crippen LogP contribution in [0, 0.1) is 5.82 Å². The fourth-order valence-corrected chi connectivity index (χ4v) is 2.66. The number of rotatable bonds is 6. The minimum Gasteiger partial charge on any atom is -0.495 e. The van der Waals surface area contributed by atoms with Gasteiger partial charge in [-0.05, 0) is 42.5 Å². The second-order valence-corrected chi connectivity index (χ2v) is 6.01. The molecule has 2 aromatic carbocycles. The molecule has 0 unspecified atom stereocenters. The lowest BCUT2D eigenvalue weighted by molar-refractivity contribution is -0.119. The molecule has 1 N–H and O–H groups in total. The van der Waals surface area contributed by atoms with Crippen LogP contribution in [0.1, 0.15) is 10.5 Å². The molecule has 0 bridgehead atoms. The quantitative estimate of drug-likeness (QED) is 0.637. The Morgan fingerprint density at radius 2 is 1.96 bits per heavy atom. The number of amides is 1. The van der Waals surface area contributed by atoms with Crippen LogP contribution in [0.4, 0.5) is 10.1 Å². The Balaban J connectivity index is 1.61. The second-order valence-electron chi connectivity index (χ2n) is 5.60. The zero-order chi connectivity index (χ0) is 20.1. The fourth-order valence-electron chi connectivity index (χ4n) is 2.40. The van der Waals surface area contributed by atoms with E-state index in [1.807, 2.05) is 0 Å². The summed E-state index contributed by atoms with van der Waals surface area (Å²) in [6.07, 6.45) is 2.69. The maximum Gasteiger partial charge on any atom is 0.357 e. The van der Waals surface area contributed by atoms with E-state index < -0.39 is 24.3 Å². The Labute approximate surface area is 164 Å². The monoisotopic (exact) mass is 403 g/mol. The van der Waals surface area contributed by atoms with Gasteiger partial charge in [-0.2, -0.15) is 0 Å². The molecule has 0 radical (unpaired) electrons. The molecule has 28 heavy (non-hydrogen) atoms. The first-order valence-electron chi connectivity index (χ1n) is 8.06. The molecule has 3 rings (SSSR count). The van der Waals surface area contributed by atoms with Crippen LogP contribution in [-0.2, 0) is 9.53 Å². The molecule has 0 spiro atoms. The summed E-state index contributed by atoms with van der Waals surface area (Å²) in [7, 11) is 1.48. The van der Waals surface area contributed by atoms with E-state index in [9.17, 15) is 14.0 Å². The van der Waals surface area contributed by atoms with Crippen LogP contribution in [0.5, 0.6) is 5.75 Å². The molecular weight excluding hydrogens is 389 g/mol. The van der Waals surface area contributed by atoms with Crippen LogP contribution < -0.4 is 10.1 Å². The third-order valence-corrected chi connectivity index (χ3v) is 4.02. The average molecular weight is 404 g/mol. The summed E-state index contributed by atoms with van der Waals surface area (Å²) < 4.78 is 24.6. The minimum absolute atomic E-state index is 0.104. The summed E-state index contributed by atoms with van der Waals surface area (Å²) in [5, 5.41) is 2.90. The molecule has 0 aliphatic rings. The molecule has 0 atom stereocenters. The van der Waals surface area contributed by atoms with Crippen molar-refractivity contribution in [2.45, 2.75) is 0 Å². The van der Waals surface area contributed by atoms with Crippen molar-refractivity contribution in [3.8, 4) is 11.4 Å². The first-order valence-corrected chi connectivity index (χ1v) is 8.44. The van der Waals surface area contributed by atoms with Crippen molar-refractivity contribution in [3.05, 3.63) is 71.5 Å². The third-order valence-electron chi connectivity index (χ3n) is 3.72. The number of hydrogen-bond donors (Lipinski definition) is 1. The minimum atomic E-state index is -0.746. The van der Waals surface area contributed by atoms with Gasteiger partial charge in [0.15, 0.2) is 12.3 Å². The highest BCUT2D eigenvalue weighted by Crippen LogP contribution is 2.27. The molecule has 7 nitrogen and oxygen atoms in total. The van der Waals surface area contributed by atoms with Gasteiger partial charge in [0.1, 0.15) is 11.6 Å². The highest BCUT2D eigenvalue weighted by atomic mass is 35.5. The van der Waals surface area contributed by atoms with Crippen LogP contribution in [0.25, 0.3) is 5.69 Å². The van der Waals surface area contributed by atoms with Gasteiger partial charge in [0.05, 0.1) is 24.7 Å². The molecule has 0 saturated carbocycles. The van der Waals surface area contributed by atoms with Crippen LogP contribution >= 0.6 is 11.6 Å². The third kappa shape index (κ3) is 4.47. The van der Waals surface area contributed by atoms with Gasteiger partial charge in [-0.25, -0.2) is 14.2 Å². The van der Waals surface area contributed by atoms with E-state index >= 15 is 0 Å². The van der Waals surface area contributed by atoms with Crippen molar-refractivity contribution >= 4 is 29.2 Å².